The lowest BCUT2D eigenvalue weighted by molar-refractivity contribution is 0.172. The van der Waals surface area contributed by atoms with Gasteiger partial charge in [-0.05, 0) is 43.3 Å². The molecule has 0 bridgehead atoms. The molecule has 1 amide bonds. The van der Waals surface area contributed by atoms with Crippen LogP contribution in [0.2, 0.25) is 5.02 Å². The molecule has 2 N–H and O–H groups in total. The molecule has 36 heavy (non-hydrogen) atoms. The van der Waals surface area contributed by atoms with Crippen molar-refractivity contribution in [2.75, 3.05) is 46.0 Å². The number of fused-ring (bicyclic) bond motifs is 1. The Balaban J connectivity index is 1.90. The van der Waals surface area contributed by atoms with Crippen molar-refractivity contribution in [2.45, 2.75) is 13.3 Å². The fourth-order valence-electron chi connectivity index (χ4n) is 3.42. The Morgan fingerprint density at radius 1 is 1.17 bits per heavy atom. The van der Waals surface area contributed by atoms with Crippen LogP contribution < -0.4 is 20.4 Å². The molecule has 0 unspecified atom stereocenters. The maximum absolute atomic E-state index is 12.8. The van der Waals surface area contributed by atoms with Gasteiger partial charge in [0, 0.05) is 57.7 Å². The monoisotopic (exact) mass is 536 g/mol. The summed E-state index contributed by atoms with van der Waals surface area (Å²) in [7, 11) is 2.58. The predicted octanol–water partition coefficient (Wildman–Crippen LogP) is 3.21. The normalized spacial score (nSPS) is 11.6. The van der Waals surface area contributed by atoms with E-state index < -0.39 is 21.9 Å². The molecule has 3 rings (SSSR count). The zero-order valence-corrected chi connectivity index (χ0v) is 22.3. The number of rotatable bonds is 9. The van der Waals surface area contributed by atoms with Crippen LogP contribution in [0.25, 0.3) is 11.0 Å². The molecule has 10 nitrogen and oxygen atoms in total. The maximum Gasteiger partial charge on any atom is 0.414 e. The minimum absolute atomic E-state index is 0.0813. The van der Waals surface area contributed by atoms with Crippen molar-refractivity contribution < 1.29 is 22.4 Å². The van der Waals surface area contributed by atoms with E-state index in [1.54, 1.807) is 44.3 Å². The lowest BCUT2D eigenvalue weighted by atomic mass is 9.99. The molecule has 0 spiro atoms. The van der Waals surface area contributed by atoms with E-state index in [0.29, 0.717) is 40.9 Å². The van der Waals surface area contributed by atoms with Gasteiger partial charge in [-0.2, -0.15) is 12.7 Å². The van der Waals surface area contributed by atoms with E-state index in [-0.39, 0.29) is 22.8 Å². The molecule has 0 saturated carbocycles. The summed E-state index contributed by atoms with van der Waals surface area (Å²) in [5.74, 6) is 0.0813. The summed E-state index contributed by atoms with van der Waals surface area (Å²) in [6, 6.07) is 9.81. The highest BCUT2D eigenvalue weighted by Crippen LogP contribution is 2.32. The predicted molar refractivity (Wildman–Crippen MR) is 140 cm³/mol. The van der Waals surface area contributed by atoms with Gasteiger partial charge in [-0.3, -0.25) is 4.72 Å². The van der Waals surface area contributed by atoms with Gasteiger partial charge in [0.15, 0.2) is 5.75 Å². The molecule has 0 radical (unpaired) electrons. The molecule has 0 aliphatic carbocycles. The van der Waals surface area contributed by atoms with Crippen molar-refractivity contribution in [2.24, 2.45) is 0 Å². The quantitative estimate of drug-likeness (QED) is 0.403. The molecule has 0 aliphatic rings. The minimum Gasteiger partial charge on any atom is -0.422 e. The Kier molecular flexibility index (Phi) is 8.62. The number of likely N-dealkylation sites (N-methyl/N-ethyl adjacent to an activating group) is 2. The zero-order chi connectivity index (χ0) is 26.6. The minimum atomic E-state index is -3.73. The third-order valence-corrected chi connectivity index (χ3v) is 7.34. The summed E-state index contributed by atoms with van der Waals surface area (Å²) >= 11 is 6.33. The van der Waals surface area contributed by atoms with Gasteiger partial charge in [0.1, 0.15) is 5.58 Å². The Bertz CT molecular complexity index is 1440. The topological polar surface area (TPSA) is 121 Å². The number of carbonyl (C=O) groups excluding carboxylic acids is 1. The molecule has 0 saturated heterocycles. The molecule has 2 aromatic carbocycles. The number of hydrogen-bond donors (Lipinski definition) is 2. The Morgan fingerprint density at radius 3 is 2.56 bits per heavy atom. The highest BCUT2D eigenvalue weighted by molar-refractivity contribution is 7.90. The number of nitrogens with one attached hydrogen (secondary N) is 2. The van der Waals surface area contributed by atoms with E-state index in [1.807, 2.05) is 0 Å². The highest BCUT2D eigenvalue weighted by atomic mass is 35.5. The standard InChI is InChI=1S/C24H29ClN4O6S/c1-15-18-13-20(25)22(35-24(31)28(3)4)14-21(18)34-23(30)19(15)12-16-7-6-8-17(11-16)27-36(32,33)29(5)10-9-26-2/h6-8,11,13-14,26-27H,9-10,12H2,1-5H3. The molecule has 3 aromatic rings. The van der Waals surface area contributed by atoms with E-state index in [9.17, 15) is 18.0 Å². The molecule has 0 fully saturated rings. The van der Waals surface area contributed by atoms with Crippen molar-refractivity contribution >= 4 is 44.6 Å². The van der Waals surface area contributed by atoms with Crippen LogP contribution in [0.3, 0.4) is 0 Å². The second-order valence-electron chi connectivity index (χ2n) is 8.44. The number of amides is 1. The lowest BCUT2D eigenvalue weighted by Gasteiger charge is -2.18. The first-order valence-corrected chi connectivity index (χ1v) is 12.9. The third kappa shape index (κ3) is 6.35. The summed E-state index contributed by atoms with van der Waals surface area (Å²) in [6.45, 7) is 2.60. The maximum atomic E-state index is 12.8. The van der Waals surface area contributed by atoms with Gasteiger partial charge >= 0.3 is 21.9 Å². The molecule has 0 aliphatic heterocycles. The molecule has 0 atom stereocenters. The molecular weight excluding hydrogens is 508 g/mol. The van der Waals surface area contributed by atoms with Crippen LogP contribution in [-0.4, -0.2) is 65.0 Å². The average molecular weight is 537 g/mol. The number of carbonyl (C=O) groups is 1. The van der Waals surface area contributed by atoms with E-state index in [2.05, 4.69) is 10.0 Å². The first kappa shape index (κ1) is 27.5. The van der Waals surface area contributed by atoms with Gasteiger partial charge in [-0.1, -0.05) is 23.7 Å². The summed E-state index contributed by atoms with van der Waals surface area (Å²) in [4.78, 5) is 26.0. The number of benzene rings is 2. The molecular formula is C24H29ClN4O6S. The third-order valence-electron chi connectivity index (χ3n) is 5.54. The summed E-state index contributed by atoms with van der Waals surface area (Å²) in [6.07, 6.45) is -0.403. The number of aryl methyl sites for hydroxylation is 1. The fourth-order valence-corrected chi connectivity index (χ4v) is 4.54. The Hall–Kier alpha value is -3.12. The van der Waals surface area contributed by atoms with E-state index in [1.165, 1.54) is 36.4 Å². The number of ether oxygens (including phenoxy) is 1. The number of nitrogens with zero attached hydrogens (tertiary/aromatic N) is 2. The van der Waals surface area contributed by atoms with Crippen LogP contribution in [0, 0.1) is 6.92 Å². The van der Waals surface area contributed by atoms with E-state index in [4.69, 9.17) is 20.8 Å². The van der Waals surface area contributed by atoms with Gasteiger partial charge in [-0.25, -0.2) is 9.59 Å². The van der Waals surface area contributed by atoms with Crippen molar-refractivity contribution in [3.8, 4) is 5.75 Å². The summed E-state index contributed by atoms with van der Waals surface area (Å²) < 4.78 is 39.7. The van der Waals surface area contributed by atoms with Crippen molar-refractivity contribution in [3.05, 3.63) is 68.5 Å². The molecule has 12 heteroatoms. The van der Waals surface area contributed by atoms with Gasteiger partial charge in [0.25, 0.3) is 0 Å². The van der Waals surface area contributed by atoms with Crippen LogP contribution in [-0.2, 0) is 16.6 Å². The van der Waals surface area contributed by atoms with Crippen LogP contribution in [0.4, 0.5) is 10.5 Å². The molecule has 1 aromatic heterocycles. The Labute approximate surface area is 215 Å². The van der Waals surface area contributed by atoms with Gasteiger partial charge in [-0.15, -0.1) is 0 Å². The van der Waals surface area contributed by atoms with Gasteiger partial charge < -0.3 is 19.4 Å². The lowest BCUT2D eigenvalue weighted by Crippen LogP contribution is -2.36. The molecule has 1 heterocycles. The summed E-state index contributed by atoms with van der Waals surface area (Å²) in [5, 5.41) is 3.70. The average Bonchev–Trinajstić information content (AvgIpc) is 2.81. The second kappa shape index (κ2) is 11.3. The summed E-state index contributed by atoms with van der Waals surface area (Å²) in [5.41, 5.74) is 1.84. The number of anilines is 1. The first-order valence-electron chi connectivity index (χ1n) is 11.1. The second-order valence-corrected chi connectivity index (χ2v) is 10.6. The Morgan fingerprint density at radius 2 is 1.89 bits per heavy atom. The van der Waals surface area contributed by atoms with Crippen LogP contribution in [0.5, 0.6) is 5.75 Å². The smallest absolute Gasteiger partial charge is 0.414 e. The van der Waals surface area contributed by atoms with E-state index >= 15 is 0 Å². The van der Waals surface area contributed by atoms with Crippen LogP contribution in [0.15, 0.2) is 45.6 Å². The zero-order valence-electron chi connectivity index (χ0n) is 20.7. The fraction of sp³-hybridized carbons (Fsp3) is 0.333. The van der Waals surface area contributed by atoms with Crippen LogP contribution >= 0.6 is 11.6 Å². The van der Waals surface area contributed by atoms with Gasteiger partial charge in [0.05, 0.1) is 10.7 Å². The molecule has 194 valence electrons. The first-order chi connectivity index (χ1) is 16.9. The van der Waals surface area contributed by atoms with Crippen molar-refractivity contribution in [1.82, 2.24) is 14.5 Å². The van der Waals surface area contributed by atoms with Crippen molar-refractivity contribution in [1.29, 1.82) is 0 Å². The number of hydrogen-bond acceptors (Lipinski definition) is 7. The van der Waals surface area contributed by atoms with Gasteiger partial charge in [0.2, 0.25) is 0 Å². The largest absolute Gasteiger partial charge is 0.422 e. The van der Waals surface area contributed by atoms with Crippen molar-refractivity contribution in [3.63, 3.8) is 0 Å². The highest BCUT2D eigenvalue weighted by Gasteiger charge is 2.19. The number of halogens is 1. The van der Waals surface area contributed by atoms with E-state index in [0.717, 1.165) is 0 Å². The SMILES string of the molecule is CNCCN(C)S(=O)(=O)Nc1cccc(Cc2c(C)c3cc(Cl)c(OC(=O)N(C)C)cc3oc2=O)c1. The van der Waals surface area contributed by atoms with Crippen LogP contribution in [0.1, 0.15) is 16.7 Å².